The average molecular weight is 446 g/mol. The van der Waals surface area contributed by atoms with Crippen molar-refractivity contribution in [2.24, 2.45) is 0 Å². The predicted octanol–water partition coefficient (Wildman–Crippen LogP) is 3.69. The molecule has 0 unspecified atom stereocenters. The number of pyridine rings is 1. The number of nitrogens with one attached hydrogen (secondary N) is 1. The summed E-state index contributed by atoms with van der Waals surface area (Å²) in [5.74, 6) is -2.53. The van der Waals surface area contributed by atoms with Gasteiger partial charge < -0.3 is 9.47 Å². The van der Waals surface area contributed by atoms with Crippen molar-refractivity contribution >= 4 is 21.7 Å². The van der Waals surface area contributed by atoms with Gasteiger partial charge in [0.1, 0.15) is 30.6 Å². The molecule has 2 aromatic carbocycles. The lowest BCUT2D eigenvalue weighted by molar-refractivity contribution is 0.0450. The van der Waals surface area contributed by atoms with E-state index in [4.69, 9.17) is 9.47 Å². The molecule has 2 heterocycles. The van der Waals surface area contributed by atoms with Gasteiger partial charge in [-0.15, -0.1) is 0 Å². The van der Waals surface area contributed by atoms with Crippen molar-refractivity contribution in [1.29, 1.82) is 0 Å². The van der Waals surface area contributed by atoms with Gasteiger partial charge >= 0.3 is 5.97 Å². The van der Waals surface area contributed by atoms with Crippen LogP contribution in [0.1, 0.15) is 16.1 Å². The first-order valence-electron chi connectivity index (χ1n) is 9.14. The van der Waals surface area contributed by atoms with Gasteiger partial charge in [0.2, 0.25) is 0 Å². The molecule has 0 fully saturated rings. The maximum Gasteiger partial charge on any atom is 0.338 e. The number of esters is 1. The number of ether oxygens (including phenoxy) is 2. The summed E-state index contributed by atoms with van der Waals surface area (Å²) < 4.78 is 67.6. The SMILES string of the molecule is Cc1cc2cc(n1)S(=O)(=O)Nc1cc(c(F)cc1F)-c1ccccc1OCCOC2=O. The molecule has 31 heavy (non-hydrogen) atoms. The largest absolute Gasteiger partial charge is 0.489 e. The summed E-state index contributed by atoms with van der Waals surface area (Å²) in [5.41, 5.74) is -0.0735. The molecule has 1 aliphatic heterocycles. The molecule has 0 spiro atoms. The van der Waals surface area contributed by atoms with E-state index in [0.29, 0.717) is 6.07 Å². The number of hydrogen-bond acceptors (Lipinski definition) is 6. The molecule has 0 saturated carbocycles. The Labute approximate surface area is 176 Å². The van der Waals surface area contributed by atoms with Crippen molar-refractivity contribution in [2.45, 2.75) is 11.9 Å². The topological polar surface area (TPSA) is 94.6 Å². The van der Waals surface area contributed by atoms with E-state index in [0.717, 1.165) is 12.1 Å². The van der Waals surface area contributed by atoms with Crippen LogP contribution in [0, 0.1) is 18.6 Å². The van der Waals surface area contributed by atoms with Gasteiger partial charge in [-0.05, 0) is 31.2 Å². The minimum atomic E-state index is -4.40. The van der Waals surface area contributed by atoms with Crippen LogP contribution in [0.15, 0.2) is 53.6 Å². The van der Waals surface area contributed by atoms with E-state index in [1.165, 1.54) is 13.0 Å². The Morgan fingerprint density at radius 1 is 0.968 bits per heavy atom. The molecule has 1 N–H and O–H groups in total. The summed E-state index contributed by atoms with van der Waals surface area (Å²) in [7, 11) is -4.40. The molecule has 0 saturated heterocycles. The van der Waals surface area contributed by atoms with Gasteiger partial charge in [0.25, 0.3) is 10.0 Å². The molecule has 10 heteroatoms. The highest BCUT2D eigenvalue weighted by molar-refractivity contribution is 7.92. The second kappa shape index (κ2) is 7.95. The first-order chi connectivity index (χ1) is 14.7. The van der Waals surface area contributed by atoms with Crippen LogP contribution in [0.3, 0.4) is 0 Å². The molecule has 160 valence electrons. The monoisotopic (exact) mass is 446 g/mol. The Morgan fingerprint density at radius 2 is 1.71 bits per heavy atom. The first kappa shape index (κ1) is 20.7. The number of aromatic nitrogens is 1. The minimum Gasteiger partial charge on any atom is -0.489 e. The lowest BCUT2D eigenvalue weighted by Crippen LogP contribution is -2.18. The molecule has 7 nitrogen and oxygen atoms in total. The van der Waals surface area contributed by atoms with E-state index in [-0.39, 0.29) is 41.3 Å². The van der Waals surface area contributed by atoms with Gasteiger partial charge in [0, 0.05) is 22.9 Å². The number of sulfonamides is 1. The van der Waals surface area contributed by atoms with Crippen molar-refractivity contribution < 1.29 is 31.5 Å². The van der Waals surface area contributed by atoms with Gasteiger partial charge in [0.15, 0.2) is 5.03 Å². The zero-order valence-corrected chi connectivity index (χ0v) is 17.0. The number of halogens is 2. The third-order valence-corrected chi connectivity index (χ3v) is 5.74. The van der Waals surface area contributed by atoms with Gasteiger partial charge in [-0.2, -0.15) is 8.42 Å². The Balaban J connectivity index is 1.91. The second-order valence-corrected chi connectivity index (χ2v) is 8.36. The number of rotatable bonds is 0. The number of fused-ring (bicyclic) bond motifs is 6. The average Bonchev–Trinajstić information content (AvgIpc) is 2.72. The summed E-state index contributed by atoms with van der Waals surface area (Å²) in [5, 5.41) is -0.503. The van der Waals surface area contributed by atoms with E-state index >= 15 is 0 Å². The lowest BCUT2D eigenvalue weighted by Gasteiger charge is -2.14. The van der Waals surface area contributed by atoms with Crippen molar-refractivity contribution in [3.05, 3.63) is 71.4 Å². The number of anilines is 1. The predicted molar refractivity (Wildman–Crippen MR) is 107 cm³/mol. The summed E-state index contributed by atoms with van der Waals surface area (Å²) in [4.78, 5) is 16.3. The lowest BCUT2D eigenvalue weighted by atomic mass is 10.0. The first-order valence-corrected chi connectivity index (χ1v) is 10.6. The molecule has 0 aliphatic carbocycles. The quantitative estimate of drug-likeness (QED) is 0.530. The second-order valence-electron chi connectivity index (χ2n) is 6.73. The fourth-order valence-corrected chi connectivity index (χ4v) is 4.21. The van der Waals surface area contributed by atoms with Crippen LogP contribution in [0.4, 0.5) is 14.5 Å². The fraction of sp³-hybridized carbons (Fsp3) is 0.143. The van der Waals surface area contributed by atoms with Crippen LogP contribution in [-0.2, 0) is 14.8 Å². The Kier molecular flexibility index (Phi) is 5.32. The number of carbonyl (C=O) groups excluding carboxylic acids is 1. The van der Waals surface area contributed by atoms with Crippen molar-refractivity contribution in [1.82, 2.24) is 4.98 Å². The smallest absolute Gasteiger partial charge is 0.338 e. The highest BCUT2D eigenvalue weighted by Crippen LogP contribution is 2.35. The number of aryl methyl sites for hydroxylation is 1. The van der Waals surface area contributed by atoms with Crippen LogP contribution in [0.5, 0.6) is 5.75 Å². The molecule has 1 aliphatic rings. The zero-order valence-electron chi connectivity index (χ0n) is 16.2. The van der Waals surface area contributed by atoms with Crippen LogP contribution in [0.25, 0.3) is 11.1 Å². The van der Waals surface area contributed by atoms with E-state index in [1.807, 2.05) is 0 Å². The van der Waals surface area contributed by atoms with Crippen LogP contribution < -0.4 is 9.46 Å². The van der Waals surface area contributed by atoms with Crippen molar-refractivity contribution in [2.75, 3.05) is 17.9 Å². The molecular weight excluding hydrogens is 430 g/mol. The Hall–Kier alpha value is -3.53. The van der Waals surface area contributed by atoms with Crippen molar-refractivity contribution in [3.63, 3.8) is 0 Å². The highest BCUT2D eigenvalue weighted by Gasteiger charge is 2.23. The third-order valence-electron chi connectivity index (χ3n) is 4.49. The normalized spacial score (nSPS) is 15.4. The molecule has 3 aromatic rings. The molecular formula is C21H16F2N2O5S. The van der Waals surface area contributed by atoms with Crippen molar-refractivity contribution in [3.8, 4) is 16.9 Å². The molecule has 4 rings (SSSR count). The molecule has 0 atom stereocenters. The van der Waals surface area contributed by atoms with E-state index < -0.39 is 38.3 Å². The van der Waals surface area contributed by atoms with Crippen LogP contribution in [-0.4, -0.2) is 32.6 Å². The van der Waals surface area contributed by atoms with Crippen LogP contribution in [0.2, 0.25) is 0 Å². The minimum absolute atomic E-state index is 0.0358. The Bertz CT molecular complexity index is 1290. The standard InChI is InChI=1S/C21H16F2N2O5S/c1-12-8-13-9-20(24-12)31(27,28)25-18-10-15(16(22)11-17(18)23)14-4-2-3-5-19(14)29-6-7-30-21(13)26/h2-5,8-11,25H,6-7H2,1H3. The van der Waals surface area contributed by atoms with Crippen LogP contribution >= 0.6 is 0 Å². The number of benzene rings is 2. The maximum atomic E-state index is 14.6. The number of hydrogen-bond donors (Lipinski definition) is 1. The van der Waals surface area contributed by atoms with E-state index in [1.54, 1.807) is 24.3 Å². The van der Waals surface area contributed by atoms with Gasteiger partial charge in [-0.1, -0.05) is 18.2 Å². The molecule has 4 bridgehead atoms. The molecule has 0 amide bonds. The summed E-state index contributed by atoms with van der Waals surface area (Å²) >= 11 is 0. The van der Waals surface area contributed by atoms with E-state index in [9.17, 15) is 22.0 Å². The van der Waals surface area contributed by atoms with Gasteiger partial charge in [-0.3, -0.25) is 4.72 Å². The molecule has 0 radical (unpaired) electrons. The number of carbonyl (C=O) groups is 1. The summed E-state index contributed by atoms with van der Waals surface area (Å²) in [6.07, 6.45) is 0. The summed E-state index contributed by atoms with van der Waals surface area (Å²) in [6, 6.07) is 10.4. The fourth-order valence-electron chi connectivity index (χ4n) is 3.11. The summed E-state index contributed by atoms with van der Waals surface area (Å²) in [6.45, 7) is 1.33. The number of nitrogens with zero attached hydrogens (tertiary/aromatic N) is 1. The highest BCUT2D eigenvalue weighted by atomic mass is 32.2. The van der Waals surface area contributed by atoms with Gasteiger partial charge in [0.05, 0.1) is 11.3 Å². The van der Waals surface area contributed by atoms with E-state index in [2.05, 4.69) is 9.71 Å². The number of cyclic esters (lactones) is 1. The molecule has 1 aromatic heterocycles. The zero-order chi connectivity index (χ0) is 22.2. The maximum absolute atomic E-state index is 14.6. The Morgan fingerprint density at radius 3 is 2.52 bits per heavy atom. The third kappa shape index (κ3) is 4.19. The van der Waals surface area contributed by atoms with Gasteiger partial charge in [-0.25, -0.2) is 18.6 Å². The number of para-hydroxylation sites is 1.